The molecule has 0 unspecified atom stereocenters. The fraction of sp³-hybridized carbons (Fsp3) is 0.700. The number of ether oxygens (including phenoxy) is 1. The summed E-state index contributed by atoms with van der Waals surface area (Å²) in [7, 11) is 0. The van der Waals surface area contributed by atoms with Gasteiger partial charge in [-0.15, -0.1) is 0 Å². The largest absolute Gasteiger partial charge is 0.444 e. The summed E-state index contributed by atoms with van der Waals surface area (Å²) in [5, 5.41) is 0. The molecule has 2 aliphatic heterocycles. The number of pyridine rings is 1. The van der Waals surface area contributed by atoms with E-state index in [-0.39, 0.29) is 11.9 Å². The number of nitrogens with zero attached hydrogens (tertiary/aromatic N) is 4. The summed E-state index contributed by atoms with van der Waals surface area (Å²) in [6.45, 7) is 12.1. The van der Waals surface area contributed by atoms with Gasteiger partial charge in [0.1, 0.15) is 17.2 Å². The first-order valence-electron chi connectivity index (χ1n) is 9.87. The number of anilines is 1. The van der Waals surface area contributed by atoms with E-state index in [9.17, 15) is 9.18 Å². The van der Waals surface area contributed by atoms with E-state index in [2.05, 4.69) is 14.8 Å². The van der Waals surface area contributed by atoms with Crippen LogP contribution < -0.4 is 4.90 Å². The molecule has 0 atom stereocenters. The summed E-state index contributed by atoms with van der Waals surface area (Å²) in [5.41, 5.74) is -0.438. The molecule has 0 spiro atoms. The zero-order valence-corrected chi connectivity index (χ0v) is 16.7. The van der Waals surface area contributed by atoms with Crippen LogP contribution in [0.1, 0.15) is 33.6 Å². The molecule has 7 heteroatoms. The number of rotatable bonds is 3. The van der Waals surface area contributed by atoms with Crippen molar-refractivity contribution in [3.05, 3.63) is 24.1 Å². The quantitative estimate of drug-likeness (QED) is 0.809. The van der Waals surface area contributed by atoms with Crippen LogP contribution in [0.25, 0.3) is 0 Å². The second-order valence-corrected chi connectivity index (χ2v) is 8.53. The van der Waals surface area contributed by atoms with Crippen LogP contribution in [0.5, 0.6) is 0 Å². The Morgan fingerprint density at radius 3 is 2.37 bits per heavy atom. The van der Waals surface area contributed by atoms with Gasteiger partial charge in [-0.25, -0.2) is 14.2 Å². The van der Waals surface area contributed by atoms with Crippen molar-refractivity contribution in [2.24, 2.45) is 5.92 Å². The van der Waals surface area contributed by atoms with Gasteiger partial charge in [0.05, 0.1) is 6.20 Å². The lowest BCUT2D eigenvalue weighted by Gasteiger charge is -2.39. The van der Waals surface area contributed by atoms with Crippen LogP contribution in [0.15, 0.2) is 18.3 Å². The fourth-order valence-electron chi connectivity index (χ4n) is 3.70. The van der Waals surface area contributed by atoms with Crippen LogP contribution in [0.2, 0.25) is 0 Å². The Labute approximate surface area is 161 Å². The molecule has 3 heterocycles. The highest BCUT2D eigenvalue weighted by atomic mass is 19.1. The molecule has 0 aliphatic carbocycles. The van der Waals surface area contributed by atoms with Gasteiger partial charge < -0.3 is 14.5 Å². The van der Waals surface area contributed by atoms with Crippen molar-refractivity contribution in [1.29, 1.82) is 0 Å². The molecule has 3 rings (SSSR count). The van der Waals surface area contributed by atoms with Crippen molar-refractivity contribution in [3.63, 3.8) is 0 Å². The number of amides is 1. The molecule has 2 aliphatic rings. The number of likely N-dealkylation sites (tertiary alicyclic amines) is 1. The van der Waals surface area contributed by atoms with Gasteiger partial charge in [0.15, 0.2) is 0 Å². The van der Waals surface area contributed by atoms with Gasteiger partial charge in [-0.05, 0) is 51.7 Å². The average Bonchev–Trinajstić information content (AvgIpc) is 2.62. The molecule has 2 saturated heterocycles. The Morgan fingerprint density at radius 2 is 1.81 bits per heavy atom. The lowest BCUT2D eigenvalue weighted by atomic mass is 9.96. The first kappa shape index (κ1) is 19.9. The summed E-state index contributed by atoms with van der Waals surface area (Å²) >= 11 is 0. The van der Waals surface area contributed by atoms with Gasteiger partial charge >= 0.3 is 6.09 Å². The molecular weight excluding hydrogens is 347 g/mol. The SMILES string of the molecule is CC(C)(C)OC(=O)N1CCC(CN2CCN(c3ccc(F)cn3)CC2)CC1. The van der Waals surface area contributed by atoms with Crippen molar-refractivity contribution < 1.29 is 13.9 Å². The van der Waals surface area contributed by atoms with E-state index in [0.29, 0.717) is 5.92 Å². The maximum absolute atomic E-state index is 13.0. The number of piperazine rings is 1. The van der Waals surface area contributed by atoms with Gasteiger partial charge in [0, 0.05) is 45.8 Å². The van der Waals surface area contributed by atoms with Gasteiger partial charge in [-0.3, -0.25) is 4.90 Å². The minimum absolute atomic E-state index is 0.193. The zero-order chi connectivity index (χ0) is 19.4. The third-order valence-electron chi connectivity index (χ3n) is 5.19. The Hall–Kier alpha value is -1.89. The van der Waals surface area contributed by atoms with Crippen molar-refractivity contribution >= 4 is 11.9 Å². The van der Waals surface area contributed by atoms with Gasteiger partial charge in [0.2, 0.25) is 0 Å². The predicted molar refractivity (Wildman–Crippen MR) is 103 cm³/mol. The Morgan fingerprint density at radius 1 is 1.15 bits per heavy atom. The first-order valence-corrected chi connectivity index (χ1v) is 9.87. The third-order valence-corrected chi connectivity index (χ3v) is 5.19. The van der Waals surface area contributed by atoms with Crippen molar-refractivity contribution in [3.8, 4) is 0 Å². The van der Waals surface area contributed by atoms with Crippen LogP contribution in [0.4, 0.5) is 15.0 Å². The molecule has 0 saturated carbocycles. The summed E-state index contributed by atoms with van der Waals surface area (Å²) < 4.78 is 18.5. The minimum atomic E-state index is -0.438. The number of carbonyl (C=O) groups excluding carboxylic acids is 1. The topological polar surface area (TPSA) is 48.9 Å². The smallest absolute Gasteiger partial charge is 0.410 e. The molecule has 0 aromatic carbocycles. The highest BCUT2D eigenvalue weighted by Crippen LogP contribution is 2.22. The fourth-order valence-corrected chi connectivity index (χ4v) is 3.70. The summed E-state index contributed by atoms with van der Waals surface area (Å²) in [5.74, 6) is 1.18. The van der Waals surface area contributed by atoms with E-state index < -0.39 is 5.60 Å². The molecule has 0 radical (unpaired) electrons. The van der Waals surface area contributed by atoms with Crippen LogP contribution >= 0.6 is 0 Å². The first-order chi connectivity index (χ1) is 12.8. The molecule has 27 heavy (non-hydrogen) atoms. The number of aromatic nitrogens is 1. The van der Waals surface area contributed by atoms with E-state index in [1.54, 1.807) is 6.07 Å². The molecule has 1 aromatic heterocycles. The maximum atomic E-state index is 13.0. The Balaban J connectivity index is 1.39. The number of hydrogen-bond donors (Lipinski definition) is 0. The van der Waals surface area contributed by atoms with Crippen molar-refractivity contribution in [2.75, 3.05) is 50.7 Å². The molecule has 0 N–H and O–H groups in total. The van der Waals surface area contributed by atoms with E-state index in [4.69, 9.17) is 4.74 Å². The normalized spacial score (nSPS) is 20.0. The van der Waals surface area contributed by atoms with E-state index in [0.717, 1.165) is 64.5 Å². The summed E-state index contributed by atoms with van der Waals surface area (Å²) in [4.78, 5) is 22.9. The number of piperidine rings is 1. The van der Waals surface area contributed by atoms with Gasteiger partial charge in [0.25, 0.3) is 0 Å². The molecule has 2 fully saturated rings. The van der Waals surface area contributed by atoms with Crippen molar-refractivity contribution in [2.45, 2.75) is 39.2 Å². The summed E-state index contributed by atoms with van der Waals surface area (Å²) in [6, 6.07) is 3.21. The van der Waals surface area contributed by atoms with E-state index in [1.165, 1.54) is 12.3 Å². The highest BCUT2D eigenvalue weighted by Gasteiger charge is 2.28. The standard InChI is InChI=1S/C20H31FN4O2/c1-20(2,3)27-19(26)25-8-6-16(7-9-25)15-23-10-12-24(13-11-23)18-5-4-17(21)14-22-18/h4-5,14,16H,6-13,15H2,1-3H3. The zero-order valence-electron chi connectivity index (χ0n) is 16.7. The number of carbonyl (C=O) groups is 1. The maximum Gasteiger partial charge on any atom is 0.410 e. The third kappa shape index (κ3) is 5.79. The monoisotopic (exact) mass is 378 g/mol. The van der Waals surface area contributed by atoms with E-state index in [1.807, 2.05) is 25.7 Å². The molecule has 150 valence electrons. The number of hydrogen-bond acceptors (Lipinski definition) is 5. The van der Waals surface area contributed by atoms with Crippen LogP contribution in [0.3, 0.4) is 0 Å². The van der Waals surface area contributed by atoms with Crippen LogP contribution in [0, 0.1) is 11.7 Å². The van der Waals surface area contributed by atoms with Crippen LogP contribution in [-0.4, -0.2) is 72.3 Å². The average molecular weight is 378 g/mol. The molecule has 0 bridgehead atoms. The second kappa shape index (κ2) is 8.42. The Kier molecular flexibility index (Phi) is 6.19. The lowest BCUT2D eigenvalue weighted by molar-refractivity contribution is 0.0169. The van der Waals surface area contributed by atoms with Gasteiger partial charge in [-0.1, -0.05) is 0 Å². The molecule has 1 amide bonds. The van der Waals surface area contributed by atoms with Gasteiger partial charge in [-0.2, -0.15) is 0 Å². The second-order valence-electron chi connectivity index (χ2n) is 8.53. The number of halogens is 1. The molecular formula is C20H31FN4O2. The minimum Gasteiger partial charge on any atom is -0.444 e. The highest BCUT2D eigenvalue weighted by molar-refractivity contribution is 5.68. The van der Waals surface area contributed by atoms with E-state index >= 15 is 0 Å². The summed E-state index contributed by atoms with van der Waals surface area (Å²) in [6.07, 6.45) is 3.14. The lowest BCUT2D eigenvalue weighted by Crippen LogP contribution is -2.49. The molecule has 1 aromatic rings. The van der Waals surface area contributed by atoms with Crippen molar-refractivity contribution in [1.82, 2.24) is 14.8 Å². The predicted octanol–water partition coefficient (Wildman–Crippen LogP) is 2.99. The molecule has 6 nitrogen and oxygen atoms in total. The van der Waals surface area contributed by atoms with Crippen LogP contribution in [-0.2, 0) is 4.74 Å². The Bertz CT molecular complexity index is 616.